The quantitative estimate of drug-likeness (QED) is 0.937. The average Bonchev–Trinajstić information content (AvgIpc) is 2.42. The highest BCUT2D eigenvalue weighted by Crippen LogP contribution is 2.19. The minimum Gasteiger partial charge on any atom is -0.496 e. The van der Waals surface area contributed by atoms with Crippen LogP contribution in [-0.4, -0.2) is 23.2 Å². The van der Waals surface area contributed by atoms with Gasteiger partial charge in [-0.3, -0.25) is 4.79 Å². The van der Waals surface area contributed by atoms with Gasteiger partial charge in [0, 0.05) is 5.56 Å². The third-order valence-electron chi connectivity index (χ3n) is 2.54. The van der Waals surface area contributed by atoms with Crippen LogP contribution in [0.4, 0.5) is 5.82 Å². The Morgan fingerprint density at radius 1 is 1.26 bits per heavy atom. The molecule has 2 rings (SSSR count). The van der Waals surface area contributed by atoms with E-state index in [4.69, 9.17) is 16.3 Å². The molecule has 5 nitrogen and oxygen atoms in total. The third-order valence-corrected chi connectivity index (χ3v) is 2.75. The molecule has 0 unspecified atom stereocenters. The summed E-state index contributed by atoms with van der Waals surface area (Å²) in [4.78, 5) is 12.0. The van der Waals surface area contributed by atoms with E-state index in [0.29, 0.717) is 17.1 Å². The lowest BCUT2D eigenvalue weighted by Gasteiger charge is -2.08. The van der Waals surface area contributed by atoms with Gasteiger partial charge in [0.15, 0.2) is 11.0 Å². The molecule has 1 amide bonds. The van der Waals surface area contributed by atoms with Crippen molar-refractivity contribution < 1.29 is 9.53 Å². The lowest BCUT2D eigenvalue weighted by molar-refractivity contribution is 0.102. The van der Waals surface area contributed by atoms with Gasteiger partial charge in [-0.2, -0.15) is 0 Å². The molecule has 0 saturated heterocycles. The van der Waals surface area contributed by atoms with Crippen molar-refractivity contribution in [3.8, 4) is 5.75 Å². The summed E-state index contributed by atoms with van der Waals surface area (Å²) in [6.07, 6.45) is 0. The first-order valence-electron chi connectivity index (χ1n) is 5.55. The van der Waals surface area contributed by atoms with Crippen LogP contribution in [0.3, 0.4) is 0 Å². The van der Waals surface area contributed by atoms with Gasteiger partial charge in [-0.1, -0.05) is 17.7 Å². The Hall–Kier alpha value is -2.14. The van der Waals surface area contributed by atoms with Crippen LogP contribution in [0.2, 0.25) is 5.15 Å². The van der Waals surface area contributed by atoms with Crippen molar-refractivity contribution in [3.63, 3.8) is 0 Å². The lowest BCUT2D eigenvalue weighted by atomic mass is 10.1. The maximum Gasteiger partial charge on any atom is 0.256 e. The first kappa shape index (κ1) is 13.3. The number of hydrogen-bond donors (Lipinski definition) is 1. The van der Waals surface area contributed by atoms with Crippen molar-refractivity contribution in [3.05, 3.63) is 46.6 Å². The van der Waals surface area contributed by atoms with Crippen molar-refractivity contribution in [2.45, 2.75) is 6.92 Å². The zero-order chi connectivity index (χ0) is 13.8. The summed E-state index contributed by atoms with van der Waals surface area (Å²) in [6.45, 7) is 1.91. The van der Waals surface area contributed by atoms with Crippen molar-refractivity contribution >= 4 is 23.3 Å². The van der Waals surface area contributed by atoms with E-state index in [2.05, 4.69) is 15.5 Å². The topological polar surface area (TPSA) is 64.1 Å². The minimum absolute atomic E-state index is 0.273. The van der Waals surface area contributed by atoms with Crippen molar-refractivity contribution in [2.24, 2.45) is 0 Å². The van der Waals surface area contributed by atoms with Gasteiger partial charge in [-0.25, -0.2) is 0 Å². The number of carbonyl (C=O) groups excluding carboxylic acids is 1. The molecule has 0 atom stereocenters. The van der Waals surface area contributed by atoms with Gasteiger partial charge >= 0.3 is 0 Å². The highest BCUT2D eigenvalue weighted by Gasteiger charge is 2.09. The zero-order valence-corrected chi connectivity index (χ0v) is 11.2. The fourth-order valence-corrected chi connectivity index (χ4v) is 1.63. The first-order valence-corrected chi connectivity index (χ1v) is 5.93. The van der Waals surface area contributed by atoms with Crippen molar-refractivity contribution in [1.82, 2.24) is 10.2 Å². The van der Waals surface area contributed by atoms with Crippen LogP contribution < -0.4 is 10.1 Å². The fraction of sp³-hybridized carbons (Fsp3) is 0.154. The summed E-state index contributed by atoms with van der Waals surface area (Å²) < 4.78 is 5.18. The third kappa shape index (κ3) is 3.20. The molecule has 2 aromatic rings. The van der Waals surface area contributed by atoms with E-state index in [-0.39, 0.29) is 11.1 Å². The number of methoxy groups -OCH3 is 1. The second-order valence-corrected chi connectivity index (χ2v) is 4.27. The van der Waals surface area contributed by atoms with Gasteiger partial charge in [0.2, 0.25) is 0 Å². The Kier molecular flexibility index (Phi) is 3.97. The number of aryl methyl sites for hydroxylation is 1. The molecule has 0 fully saturated rings. The molecule has 6 heteroatoms. The molecule has 19 heavy (non-hydrogen) atoms. The molecule has 1 aromatic heterocycles. The summed E-state index contributed by atoms with van der Waals surface area (Å²) in [6, 6.07) is 8.35. The average molecular weight is 278 g/mol. The number of nitrogens with zero attached hydrogens (tertiary/aromatic N) is 2. The Morgan fingerprint density at radius 3 is 2.68 bits per heavy atom. The molecule has 0 saturated carbocycles. The summed E-state index contributed by atoms with van der Waals surface area (Å²) >= 11 is 5.62. The van der Waals surface area contributed by atoms with Gasteiger partial charge < -0.3 is 10.1 Å². The monoisotopic (exact) mass is 277 g/mol. The number of hydrogen-bond acceptors (Lipinski definition) is 4. The number of carbonyl (C=O) groups is 1. The summed E-state index contributed by atoms with van der Waals surface area (Å²) in [5, 5.41) is 10.3. The van der Waals surface area contributed by atoms with Crippen molar-refractivity contribution in [1.29, 1.82) is 0 Å². The van der Waals surface area contributed by atoms with Crippen LogP contribution >= 0.6 is 11.6 Å². The molecule has 0 radical (unpaired) electrons. The highest BCUT2D eigenvalue weighted by atomic mass is 35.5. The highest BCUT2D eigenvalue weighted by molar-refractivity contribution is 6.29. The van der Waals surface area contributed by atoms with Gasteiger partial charge in [-0.15, -0.1) is 10.2 Å². The van der Waals surface area contributed by atoms with E-state index >= 15 is 0 Å². The number of halogens is 1. The smallest absolute Gasteiger partial charge is 0.256 e. The summed E-state index contributed by atoms with van der Waals surface area (Å²) in [7, 11) is 1.56. The maximum absolute atomic E-state index is 12.0. The van der Waals surface area contributed by atoms with Gasteiger partial charge in [0.25, 0.3) is 5.91 Å². The SMILES string of the molecule is COc1cc(C(=O)Nc2ccc(Cl)nn2)ccc1C. The predicted molar refractivity (Wildman–Crippen MR) is 72.7 cm³/mol. The Morgan fingerprint density at radius 2 is 2.05 bits per heavy atom. The lowest BCUT2D eigenvalue weighted by Crippen LogP contribution is -2.13. The molecule has 1 N–H and O–H groups in total. The zero-order valence-electron chi connectivity index (χ0n) is 10.5. The van der Waals surface area contributed by atoms with Crippen molar-refractivity contribution in [2.75, 3.05) is 12.4 Å². The Balaban J connectivity index is 2.18. The number of anilines is 1. The molecule has 0 spiro atoms. The Bertz CT molecular complexity index is 599. The molecule has 1 aromatic carbocycles. The largest absolute Gasteiger partial charge is 0.496 e. The van der Waals surface area contributed by atoms with E-state index in [1.807, 2.05) is 13.0 Å². The number of aromatic nitrogens is 2. The van der Waals surface area contributed by atoms with E-state index in [0.717, 1.165) is 5.56 Å². The second kappa shape index (κ2) is 5.67. The van der Waals surface area contributed by atoms with Crippen LogP contribution in [0, 0.1) is 6.92 Å². The summed E-state index contributed by atoms with van der Waals surface area (Å²) in [5.41, 5.74) is 1.45. The molecular formula is C13H12ClN3O2. The van der Waals surface area contributed by atoms with E-state index in [1.54, 1.807) is 31.4 Å². The Labute approximate surface area is 115 Å². The molecule has 1 heterocycles. The van der Waals surface area contributed by atoms with E-state index in [9.17, 15) is 4.79 Å². The van der Waals surface area contributed by atoms with Crippen LogP contribution in [0.15, 0.2) is 30.3 Å². The number of benzene rings is 1. The van der Waals surface area contributed by atoms with Crippen LogP contribution in [0.1, 0.15) is 15.9 Å². The number of ether oxygens (including phenoxy) is 1. The molecular weight excluding hydrogens is 266 g/mol. The maximum atomic E-state index is 12.0. The van der Waals surface area contributed by atoms with Gasteiger partial charge in [0.05, 0.1) is 7.11 Å². The van der Waals surface area contributed by atoms with Gasteiger partial charge in [-0.05, 0) is 36.8 Å². The number of rotatable bonds is 3. The van der Waals surface area contributed by atoms with Gasteiger partial charge in [0.1, 0.15) is 5.75 Å². The second-order valence-electron chi connectivity index (χ2n) is 3.88. The molecule has 0 aliphatic carbocycles. The molecule has 98 valence electrons. The number of nitrogens with one attached hydrogen (secondary N) is 1. The van der Waals surface area contributed by atoms with E-state index in [1.165, 1.54) is 0 Å². The first-order chi connectivity index (χ1) is 9.10. The normalized spacial score (nSPS) is 10.1. The molecule has 0 bridgehead atoms. The molecule has 0 aliphatic heterocycles. The summed E-state index contributed by atoms with van der Waals surface area (Å²) in [5.74, 6) is 0.721. The minimum atomic E-state index is -0.282. The van der Waals surface area contributed by atoms with Crippen LogP contribution in [-0.2, 0) is 0 Å². The molecule has 0 aliphatic rings. The van der Waals surface area contributed by atoms with Crippen LogP contribution in [0.5, 0.6) is 5.75 Å². The van der Waals surface area contributed by atoms with E-state index < -0.39 is 0 Å². The fourth-order valence-electron chi connectivity index (χ4n) is 1.53. The number of amides is 1. The van der Waals surface area contributed by atoms with Crippen LogP contribution in [0.25, 0.3) is 0 Å². The standard InChI is InChI=1S/C13H12ClN3O2/c1-8-3-4-9(7-10(8)19-2)13(18)15-12-6-5-11(14)16-17-12/h3-7H,1-2H3,(H,15,17,18). The predicted octanol–water partition coefficient (Wildman–Crippen LogP) is 2.70.